The molecule has 2 aromatic rings. The maximum absolute atomic E-state index is 15.0. The van der Waals surface area contributed by atoms with Crippen molar-refractivity contribution in [1.29, 1.82) is 0 Å². The number of methoxy groups -OCH3 is 1. The third-order valence-corrected chi connectivity index (χ3v) is 5.41. The van der Waals surface area contributed by atoms with Crippen molar-refractivity contribution in [3.05, 3.63) is 89.4 Å². The molecule has 180 valence electrons. The van der Waals surface area contributed by atoms with Gasteiger partial charge in [-0.2, -0.15) is 0 Å². The summed E-state index contributed by atoms with van der Waals surface area (Å²) in [5.41, 5.74) is 2.38. The molecule has 0 aromatic heterocycles. The van der Waals surface area contributed by atoms with Crippen LogP contribution in [0, 0.1) is 17.6 Å². The van der Waals surface area contributed by atoms with Crippen molar-refractivity contribution in [3.8, 4) is 0 Å². The highest BCUT2D eigenvalue weighted by atomic mass is 19.1. The number of aliphatic hydroxyl groups excluding tert-OH is 1. The van der Waals surface area contributed by atoms with Gasteiger partial charge in [0.05, 0.1) is 18.5 Å². The number of halogens is 3. The highest BCUT2D eigenvalue weighted by Crippen LogP contribution is 2.32. The molecule has 1 unspecified atom stereocenters. The van der Waals surface area contributed by atoms with Crippen molar-refractivity contribution in [3.63, 3.8) is 0 Å². The molecule has 0 radical (unpaired) electrons. The van der Waals surface area contributed by atoms with E-state index in [0.717, 1.165) is 6.20 Å². The van der Waals surface area contributed by atoms with Crippen molar-refractivity contribution in [2.75, 3.05) is 7.11 Å². The van der Waals surface area contributed by atoms with Gasteiger partial charge in [0.15, 0.2) is 0 Å². The van der Waals surface area contributed by atoms with Crippen LogP contribution in [0.4, 0.5) is 13.2 Å². The highest BCUT2D eigenvalue weighted by molar-refractivity contribution is 6.13. The van der Waals surface area contributed by atoms with Crippen LogP contribution in [0.25, 0.3) is 5.70 Å². The van der Waals surface area contributed by atoms with Crippen LogP contribution in [0.5, 0.6) is 0 Å². The fourth-order valence-electron chi connectivity index (χ4n) is 3.55. The Hall–Kier alpha value is -3.39. The third-order valence-electron chi connectivity index (χ3n) is 5.41. The highest BCUT2D eigenvalue weighted by Gasteiger charge is 2.29. The van der Waals surface area contributed by atoms with E-state index in [-0.39, 0.29) is 24.6 Å². The number of esters is 1. The average molecular weight is 473 g/mol. The van der Waals surface area contributed by atoms with E-state index in [4.69, 9.17) is 4.99 Å². The van der Waals surface area contributed by atoms with Gasteiger partial charge < -0.3 is 14.7 Å². The molecule has 2 atom stereocenters. The summed E-state index contributed by atoms with van der Waals surface area (Å²) < 4.78 is 46.6. The van der Waals surface area contributed by atoms with E-state index in [0.29, 0.717) is 22.5 Å². The normalized spacial score (nSPS) is 17.4. The van der Waals surface area contributed by atoms with Crippen molar-refractivity contribution in [1.82, 2.24) is 4.90 Å². The lowest BCUT2D eigenvalue weighted by molar-refractivity contribution is -0.141. The first-order chi connectivity index (χ1) is 16.2. The Labute approximate surface area is 196 Å². The largest absolute Gasteiger partial charge is 0.469 e. The number of allylic oxidation sites excluding steroid dienone is 1. The smallest absolute Gasteiger partial charge is 0.305 e. The van der Waals surface area contributed by atoms with Crippen molar-refractivity contribution in [2.45, 2.75) is 39.0 Å². The van der Waals surface area contributed by atoms with Crippen LogP contribution in [-0.4, -0.2) is 41.1 Å². The SMILES string of the molecule is COC(=O)CC[C@H](O)/C(F)=C/N1C(c2ccc(F)cc2)=CC(c2ccc(F)cc2)=NC1C(C)C. The number of carbonyl (C=O) groups excluding carboxylic acids is 1. The van der Waals surface area contributed by atoms with Crippen LogP contribution >= 0.6 is 0 Å². The fourth-order valence-corrected chi connectivity index (χ4v) is 3.55. The zero-order chi connectivity index (χ0) is 24.8. The van der Waals surface area contributed by atoms with Crippen molar-refractivity contribution in [2.24, 2.45) is 10.9 Å². The van der Waals surface area contributed by atoms with E-state index < -0.39 is 29.9 Å². The van der Waals surface area contributed by atoms with Gasteiger partial charge in [0, 0.05) is 18.2 Å². The number of hydrogen-bond donors (Lipinski definition) is 1. The molecule has 0 spiro atoms. The molecule has 1 aliphatic rings. The second-order valence-electron chi connectivity index (χ2n) is 8.27. The van der Waals surface area contributed by atoms with E-state index >= 15 is 4.39 Å². The standard InChI is InChI=1S/C26H27F3N2O3/c1-16(2)26-30-22(17-4-8-19(27)9-5-17)14-23(18-6-10-20(28)11-7-18)31(26)15-21(29)24(32)12-13-25(33)34-3/h4-11,14-16,24,26,32H,12-13H2,1-3H3/b21-15-/t24-,26?/m0/s1. The zero-order valence-corrected chi connectivity index (χ0v) is 19.2. The van der Waals surface area contributed by atoms with Gasteiger partial charge >= 0.3 is 5.97 Å². The summed E-state index contributed by atoms with van der Waals surface area (Å²) in [5.74, 6) is -2.28. The van der Waals surface area contributed by atoms with E-state index in [2.05, 4.69) is 4.74 Å². The summed E-state index contributed by atoms with van der Waals surface area (Å²) in [5, 5.41) is 10.2. The number of aliphatic hydroxyl groups is 1. The molecule has 8 heteroatoms. The Morgan fingerprint density at radius 2 is 1.65 bits per heavy atom. The van der Waals surface area contributed by atoms with E-state index in [1.165, 1.54) is 31.4 Å². The molecule has 1 heterocycles. The topological polar surface area (TPSA) is 62.1 Å². The van der Waals surface area contributed by atoms with Gasteiger partial charge in [-0.3, -0.25) is 9.79 Å². The monoisotopic (exact) mass is 472 g/mol. The predicted molar refractivity (Wildman–Crippen MR) is 124 cm³/mol. The van der Waals surface area contributed by atoms with E-state index in [1.54, 1.807) is 35.2 Å². The maximum atomic E-state index is 15.0. The lowest BCUT2D eigenvalue weighted by Gasteiger charge is -2.36. The molecule has 1 N–H and O–H groups in total. The first-order valence-electron chi connectivity index (χ1n) is 10.9. The van der Waals surface area contributed by atoms with Gasteiger partial charge in [-0.1, -0.05) is 13.8 Å². The predicted octanol–water partition coefficient (Wildman–Crippen LogP) is 5.22. The zero-order valence-electron chi connectivity index (χ0n) is 19.2. The lowest BCUT2D eigenvalue weighted by Crippen LogP contribution is -2.37. The minimum atomic E-state index is -1.51. The summed E-state index contributed by atoms with van der Waals surface area (Å²) in [6.07, 6.45) is 0.513. The maximum Gasteiger partial charge on any atom is 0.305 e. The average Bonchev–Trinajstić information content (AvgIpc) is 2.83. The summed E-state index contributed by atoms with van der Waals surface area (Å²) in [6.45, 7) is 3.83. The quantitative estimate of drug-likeness (QED) is 0.536. The van der Waals surface area contributed by atoms with Gasteiger partial charge in [-0.15, -0.1) is 0 Å². The van der Waals surface area contributed by atoms with Crippen molar-refractivity contribution >= 4 is 17.4 Å². The molecule has 0 saturated carbocycles. The molecule has 0 bridgehead atoms. The Bertz CT molecular complexity index is 1090. The summed E-state index contributed by atoms with van der Waals surface area (Å²) in [4.78, 5) is 17.7. The number of aliphatic imine (C=N–C) groups is 1. The van der Waals surface area contributed by atoms with Gasteiger partial charge in [-0.25, -0.2) is 13.2 Å². The van der Waals surface area contributed by atoms with Crippen LogP contribution < -0.4 is 0 Å². The van der Waals surface area contributed by atoms with E-state index in [1.807, 2.05) is 13.8 Å². The first kappa shape index (κ1) is 25.2. The molecule has 1 aliphatic heterocycles. The molecule has 2 aromatic carbocycles. The van der Waals surface area contributed by atoms with Gasteiger partial charge in [0.25, 0.3) is 0 Å². The molecule has 0 fully saturated rings. The third kappa shape index (κ3) is 6.14. The Morgan fingerprint density at radius 3 is 2.18 bits per heavy atom. The fraction of sp³-hybridized carbons (Fsp3) is 0.308. The van der Waals surface area contributed by atoms with Crippen LogP contribution in [-0.2, 0) is 9.53 Å². The molecule has 0 aliphatic carbocycles. The first-order valence-corrected chi connectivity index (χ1v) is 10.9. The van der Waals surface area contributed by atoms with Gasteiger partial charge in [0.1, 0.15) is 29.7 Å². The Balaban J connectivity index is 2.04. The van der Waals surface area contributed by atoms with E-state index in [9.17, 15) is 18.7 Å². The summed E-state index contributed by atoms with van der Waals surface area (Å²) >= 11 is 0. The minimum absolute atomic E-state index is 0.0872. The lowest BCUT2D eigenvalue weighted by atomic mass is 9.99. The Kier molecular flexibility index (Phi) is 8.28. The van der Waals surface area contributed by atoms with Crippen LogP contribution in [0.1, 0.15) is 37.8 Å². The molecule has 0 saturated heterocycles. The molecule has 0 amide bonds. The molecule has 34 heavy (non-hydrogen) atoms. The number of benzene rings is 2. The molecule has 5 nitrogen and oxygen atoms in total. The number of carbonyl (C=O) groups is 1. The van der Waals surface area contributed by atoms with Crippen LogP contribution in [0.2, 0.25) is 0 Å². The summed E-state index contributed by atoms with van der Waals surface area (Å²) in [7, 11) is 1.22. The number of nitrogens with zero attached hydrogens (tertiary/aromatic N) is 2. The van der Waals surface area contributed by atoms with Gasteiger partial charge in [-0.05, 0) is 72.5 Å². The number of ether oxygens (including phenoxy) is 1. The van der Waals surface area contributed by atoms with Crippen LogP contribution in [0.15, 0.2) is 71.6 Å². The second-order valence-corrected chi connectivity index (χ2v) is 8.27. The second kappa shape index (κ2) is 11.2. The number of hydrogen-bond acceptors (Lipinski definition) is 5. The van der Waals surface area contributed by atoms with Gasteiger partial charge in [0.2, 0.25) is 0 Å². The number of rotatable bonds is 8. The molecular weight excluding hydrogens is 445 g/mol. The molecule has 3 rings (SSSR count). The summed E-state index contributed by atoms with van der Waals surface area (Å²) in [6, 6.07) is 11.6. The molecular formula is C26H27F3N2O3. The Morgan fingerprint density at radius 1 is 1.09 bits per heavy atom. The van der Waals surface area contributed by atoms with Crippen molar-refractivity contribution < 1.29 is 27.8 Å². The minimum Gasteiger partial charge on any atom is -0.469 e. The van der Waals surface area contributed by atoms with Crippen LogP contribution in [0.3, 0.4) is 0 Å².